The Morgan fingerprint density at radius 2 is 1.84 bits per heavy atom. The van der Waals surface area contributed by atoms with Crippen LogP contribution in [0.15, 0.2) is 41.3 Å². The summed E-state index contributed by atoms with van der Waals surface area (Å²) in [5, 5.41) is 3.76. The largest absolute Gasteiger partial charge is 0.416 e. The summed E-state index contributed by atoms with van der Waals surface area (Å²) in [5.41, 5.74) is -0.255. The molecule has 0 unspecified atom stereocenters. The number of carbonyl (C=O) groups is 1. The Balaban J connectivity index is 1.71. The van der Waals surface area contributed by atoms with Crippen molar-refractivity contribution in [3.63, 3.8) is 0 Å². The number of nitrogens with one attached hydrogen (secondary N) is 1. The molecule has 1 fully saturated rings. The number of amides is 1. The molecule has 4 heterocycles. The summed E-state index contributed by atoms with van der Waals surface area (Å²) in [7, 11) is 1.56. The summed E-state index contributed by atoms with van der Waals surface area (Å²) in [6, 6.07) is 7.14. The highest BCUT2D eigenvalue weighted by Gasteiger charge is 2.42. The lowest BCUT2D eigenvalue weighted by atomic mass is 9.94. The normalized spacial score (nSPS) is 17.2. The number of hydrogen-bond acceptors (Lipinski definition) is 4. The van der Waals surface area contributed by atoms with Crippen LogP contribution in [0.5, 0.6) is 0 Å². The molecular weight excluding hydrogens is 421 g/mol. The average molecular weight is 442 g/mol. The zero-order valence-electron chi connectivity index (χ0n) is 17.4. The van der Waals surface area contributed by atoms with Gasteiger partial charge in [0.2, 0.25) is 0 Å². The van der Waals surface area contributed by atoms with Gasteiger partial charge in [0.25, 0.3) is 11.5 Å². The standard InChI is InChI=1S/C23H21F3N4O2/c1-29-20(31)11-16(15-3-2-6-28-21(15)29)13-9-17-18(19(10-13)23(24,25)26)12-30(22(17)32)14-4-7-27-8-5-14/h2-3,6,9-11,14,27H,4-5,7-8,12H2,1H3. The lowest BCUT2D eigenvalue weighted by molar-refractivity contribution is -0.138. The second-order valence-corrected chi connectivity index (χ2v) is 8.29. The molecule has 0 spiro atoms. The minimum Gasteiger partial charge on any atom is -0.331 e. The Bertz CT molecular complexity index is 1290. The van der Waals surface area contributed by atoms with Crippen LogP contribution in [0.1, 0.15) is 34.3 Å². The van der Waals surface area contributed by atoms with Crippen LogP contribution in [-0.2, 0) is 19.8 Å². The molecule has 0 bridgehead atoms. The first-order valence-corrected chi connectivity index (χ1v) is 10.5. The minimum atomic E-state index is -4.63. The summed E-state index contributed by atoms with van der Waals surface area (Å²) < 4.78 is 43.6. The molecule has 6 nitrogen and oxygen atoms in total. The number of hydrogen-bond donors (Lipinski definition) is 1. The fraction of sp³-hybridized carbons (Fsp3) is 0.348. The van der Waals surface area contributed by atoms with Crippen LogP contribution in [0.3, 0.4) is 0 Å². The highest BCUT2D eigenvalue weighted by atomic mass is 19.4. The summed E-state index contributed by atoms with van der Waals surface area (Å²) in [4.78, 5) is 31.5. The van der Waals surface area contributed by atoms with E-state index in [0.29, 0.717) is 29.4 Å². The molecule has 2 aliphatic rings. The van der Waals surface area contributed by atoms with Crippen molar-refractivity contribution in [2.24, 2.45) is 7.05 Å². The van der Waals surface area contributed by atoms with Crippen LogP contribution in [-0.4, -0.2) is 39.5 Å². The van der Waals surface area contributed by atoms with E-state index in [9.17, 15) is 22.8 Å². The highest BCUT2D eigenvalue weighted by Crippen LogP contribution is 2.41. The second-order valence-electron chi connectivity index (χ2n) is 8.29. The van der Waals surface area contributed by atoms with Crippen molar-refractivity contribution in [1.29, 1.82) is 0 Å². The molecule has 1 saturated heterocycles. The number of alkyl halides is 3. The quantitative estimate of drug-likeness (QED) is 0.661. The Morgan fingerprint density at radius 3 is 2.56 bits per heavy atom. The molecule has 3 aromatic rings. The van der Waals surface area contributed by atoms with Crippen molar-refractivity contribution in [2.45, 2.75) is 31.6 Å². The van der Waals surface area contributed by atoms with Crippen molar-refractivity contribution in [2.75, 3.05) is 13.1 Å². The third kappa shape index (κ3) is 3.28. The average Bonchev–Trinajstić information content (AvgIpc) is 3.12. The van der Waals surface area contributed by atoms with Crippen molar-refractivity contribution < 1.29 is 18.0 Å². The Labute approximate surface area is 181 Å². The third-order valence-corrected chi connectivity index (χ3v) is 6.43. The molecule has 9 heteroatoms. The number of aromatic nitrogens is 2. The van der Waals surface area contributed by atoms with Crippen LogP contribution in [0.25, 0.3) is 22.2 Å². The van der Waals surface area contributed by atoms with Crippen molar-refractivity contribution in [3.8, 4) is 11.1 Å². The van der Waals surface area contributed by atoms with Gasteiger partial charge < -0.3 is 10.2 Å². The van der Waals surface area contributed by atoms with E-state index >= 15 is 0 Å². The van der Waals surface area contributed by atoms with Gasteiger partial charge in [0, 0.05) is 42.8 Å². The Morgan fingerprint density at radius 1 is 1.09 bits per heavy atom. The first-order valence-electron chi connectivity index (χ1n) is 10.5. The molecular formula is C23H21F3N4O2. The zero-order chi connectivity index (χ0) is 22.6. The lowest BCUT2D eigenvalue weighted by Gasteiger charge is -2.31. The maximum Gasteiger partial charge on any atom is 0.416 e. The summed E-state index contributed by atoms with van der Waals surface area (Å²) >= 11 is 0. The van der Waals surface area contributed by atoms with E-state index < -0.39 is 11.7 Å². The van der Waals surface area contributed by atoms with Gasteiger partial charge in [-0.1, -0.05) is 0 Å². The summed E-state index contributed by atoms with van der Waals surface area (Å²) in [6.45, 7) is 1.41. The van der Waals surface area contributed by atoms with Gasteiger partial charge >= 0.3 is 6.18 Å². The number of halogens is 3. The molecule has 32 heavy (non-hydrogen) atoms. The molecule has 2 aliphatic heterocycles. The number of pyridine rings is 2. The number of rotatable bonds is 2. The molecule has 0 aliphatic carbocycles. The van der Waals surface area contributed by atoms with Crippen molar-refractivity contribution >= 4 is 16.9 Å². The molecule has 5 rings (SSSR count). The van der Waals surface area contributed by atoms with Crippen molar-refractivity contribution in [3.05, 3.63) is 63.6 Å². The predicted octanol–water partition coefficient (Wildman–Crippen LogP) is 3.33. The number of fused-ring (bicyclic) bond motifs is 2. The van der Waals surface area contributed by atoms with Gasteiger partial charge in [0.15, 0.2) is 0 Å². The molecule has 166 valence electrons. The number of benzene rings is 1. The third-order valence-electron chi connectivity index (χ3n) is 6.43. The number of carbonyl (C=O) groups excluding carboxylic acids is 1. The first-order chi connectivity index (χ1) is 15.3. The molecule has 2 aromatic heterocycles. The minimum absolute atomic E-state index is 0.0102. The predicted molar refractivity (Wildman–Crippen MR) is 113 cm³/mol. The fourth-order valence-electron chi connectivity index (χ4n) is 4.77. The molecule has 0 saturated carbocycles. The van der Waals surface area contributed by atoms with Crippen LogP contribution < -0.4 is 10.9 Å². The van der Waals surface area contributed by atoms with Gasteiger partial charge in [-0.15, -0.1) is 0 Å². The molecule has 0 radical (unpaired) electrons. The van der Waals surface area contributed by atoms with Gasteiger partial charge in [-0.25, -0.2) is 4.98 Å². The van der Waals surface area contributed by atoms with Crippen LogP contribution in [0.2, 0.25) is 0 Å². The SMILES string of the molecule is Cn1c(=O)cc(-c2cc3c(c(C(F)(F)F)c2)CN(C2CCNCC2)C3=O)c2cccnc21. The number of aryl methyl sites for hydroxylation is 1. The van der Waals surface area contributed by atoms with Crippen LogP contribution in [0.4, 0.5) is 13.2 Å². The van der Waals surface area contributed by atoms with Gasteiger partial charge in [0.05, 0.1) is 5.56 Å². The van der Waals surface area contributed by atoms with Crippen LogP contribution in [0, 0.1) is 0 Å². The van der Waals surface area contributed by atoms with E-state index in [0.717, 1.165) is 19.2 Å². The fourth-order valence-corrected chi connectivity index (χ4v) is 4.77. The number of nitrogens with zero attached hydrogens (tertiary/aromatic N) is 3. The van der Waals surface area contributed by atoms with Crippen LogP contribution >= 0.6 is 0 Å². The first kappa shape index (κ1) is 20.7. The van der Waals surface area contributed by atoms with E-state index in [4.69, 9.17) is 0 Å². The van der Waals surface area contributed by atoms with Gasteiger partial charge in [-0.2, -0.15) is 13.2 Å². The van der Waals surface area contributed by atoms with Gasteiger partial charge in [0.1, 0.15) is 5.65 Å². The molecule has 0 atom stereocenters. The number of piperidine rings is 1. The lowest BCUT2D eigenvalue weighted by Crippen LogP contribution is -2.43. The molecule has 1 aromatic carbocycles. The van der Waals surface area contributed by atoms with E-state index in [1.807, 2.05) is 0 Å². The van der Waals surface area contributed by atoms with E-state index in [2.05, 4.69) is 10.3 Å². The Kier molecular flexibility index (Phi) is 4.81. The van der Waals surface area contributed by atoms with E-state index in [-0.39, 0.29) is 40.7 Å². The highest BCUT2D eigenvalue weighted by molar-refractivity contribution is 6.02. The van der Waals surface area contributed by atoms with E-state index in [1.165, 1.54) is 22.9 Å². The van der Waals surface area contributed by atoms with Gasteiger partial charge in [-0.3, -0.25) is 14.2 Å². The zero-order valence-corrected chi connectivity index (χ0v) is 17.4. The smallest absolute Gasteiger partial charge is 0.331 e. The van der Waals surface area contributed by atoms with Crippen molar-refractivity contribution in [1.82, 2.24) is 19.8 Å². The summed E-state index contributed by atoms with van der Waals surface area (Å²) in [6.07, 6.45) is -1.69. The van der Waals surface area contributed by atoms with Gasteiger partial charge in [-0.05, 0) is 66.9 Å². The second kappa shape index (κ2) is 7.44. The monoisotopic (exact) mass is 442 g/mol. The maximum absolute atomic E-state index is 14.1. The summed E-state index contributed by atoms with van der Waals surface area (Å²) in [5.74, 6) is -0.384. The van der Waals surface area contributed by atoms with E-state index in [1.54, 1.807) is 24.1 Å². The maximum atomic E-state index is 14.1. The Hall–Kier alpha value is -3.20. The topological polar surface area (TPSA) is 67.2 Å². The molecule has 1 amide bonds. The molecule has 1 N–H and O–H groups in total.